The van der Waals surface area contributed by atoms with E-state index < -0.39 is 17.9 Å². The summed E-state index contributed by atoms with van der Waals surface area (Å²) >= 11 is 0. The number of amides is 4. The van der Waals surface area contributed by atoms with Crippen LogP contribution in [0, 0.1) is 5.92 Å². The fraction of sp³-hybridized carbons (Fsp3) is 0.667. The number of imide groups is 1. The predicted molar refractivity (Wildman–Crippen MR) is 155 cm³/mol. The minimum Gasteiger partial charge on any atom is -0.481 e. The molecule has 3 aliphatic rings. The summed E-state index contributed by atoms with van der Waals surface area (Å²) in [5.41, 5.74) is 0.819. The molecule has 2 saturated heterocycles. The van der Waals surface area contributed by atoms with Gasteiger partial charge in [-0.1, -0.05) is 19.4 Å². The summed E-state index contributed by atoms with van der Waals surface area (Å²) < 4.78 is 11.0. The quantitative estimate of drug-likeness (QED) is 0.349. The van der Waals surface area contributed by atoms with E-state index in [-0.39, 0.29) is 43.5 Å². The summed E-state index contributed by atoms with van der Waals surface area (Å²) in [7, 11) is 5.49. The highest BCUT2D eigenvalue weighted by molar-refractivity contribution is 5.96. The molecule has 12 heteroatoms. The van der Waals surface area contributed by atoms with Crippen molar-refractivity contribution >= 4 is 23.8 Å². The third-order valence-electron chi connectivity index (χ3n) is 8.59. The molecule has 0 spiro atoms. The van der Waals surface area contributed by atoms with Gasteiger partial charge < -0.3 is 29.3 Å². The molecule has 0 aliphatic carbocycles. The first-order chi connectivity index (χ1) is 20.1. The zero-order valence-corrected chi connectivity index (χ0v) is 25.3. The molecule has 232 valence electrons. The molecule has 1 aromatic rings. The van der Waals surface area contributed by atoms with Gasteiger partial charge in [0.05, 0.1) is 12.5 Å². The fourth-order valence-corrected chi connectivity index (χ4v) is 6.20. The average Bonchev–Trinajstić information content (AvgIpc) is 3.57. The number of carboxylic acid groups (broad SMARTS) is 1. The first kappa shape index (κ1) is 31.6. The number of rotatable bonds is 14. The maximum Gasteiger partial charge on any atom is 0.326 e. The lowest BCUT2D eigenvalue weighted by Gasteiger charge is -2.34. The first-order valence-electron chi connectivity index (χ1n) is 14.9. The van der Waals surface area contributed by atoms with Crippen molar-refractivity contribution < 1.29 is 33.8 Å². The molecule has 2 fully saturated rings. The number of carbonyl (C=O) groups excluding carboxylic acids is 3. The van der Waals surface area contributed by atoms with Gasteiger partial charge in [0.2, 0.25) is 18.6 Å². The molecule has 0 radical (unpaired) electrons. The molecule has 0 aromatic heterocycles. The Hall–Kier alpha value is -3.38. The molecule has 3 aliphatic heterocycles. The highest BCUT2D eigenvalue weighted by Gasteiger charge is 2.47. The zero-order chi connectivity index (χ0) is 30.4. The van der Waals surface area contributed by atoms with E-state index in [2.05, 4.69) is 11.8 Å². The molecule has 3 atom stereocenters. The standard InChI is InChI=1S/C30H45N5O7/c1-5-6-13-33(14-7-12-31(2)3)27(37)19-35-18-22(21-8-9-24-25(17-21)42-20-41-24)28(29(38)39)23(35)10-15-34-16-11-26(36)32(4)30(34)40/h8-9,17,22-23,28H,5-7,10-16,18-20H2,1-4H3,(H,38,39)/t22-,23+,28?/m1/s1. The van der Waals surface area contributed by atoms with Gasteiger partial charge in [-0.3, -0.25) is 24.2 Å². The van der Waals surface area contributed by atoms with Crippen LogP contribution >= 0.6 is 0 Å². The van der Waals surface area contributed by atoms with Crippen LogP contribution in [0.3, 0.4) is 0 Å². The summed E-state index contributed by atoms with van der Waals surface area (Å²) in [5, 5.41) is 10.5. The van der Waals surface area contributed by atoms with Gasteiger partial charge in [0, 0.05) is 58.2 Å². The Morgan fingerprint density at radius 3 is 2.52 bits per heavy atom. The van der Waals surface area contributed by atoms with Gasteiger partial charge in [0.1, 0.15) is 0 Å². The monoisotopic (exact) mass is 587 g/mol. The van der Waals surface area contributed by atoms with Crippen LogP contribution in [0.2, 0.25) is 0 Å². The van der Waals surface area contributed by atoms with Gasteiger partial charge in [-0.05, 0) is 57.6 Å². The van der Waals surface area contributed by atoms with Crippen molar-refractivity contribution in [1.82, 2.24) is 24.5 Å². The van der Waals surface area contributed by atoms with E-state index in [0.29, 0.717) is 50.6 Å². The van der Waals surface area contributed by atoms with Crippen LogP contribution < -0.4 is 9.47 Å². The Morgan fingerprint density at radius 2 is 1.81 bits per heavy atom. The van der Waals surface area contributed by atoms with Gasteiger partial charge in [0.15, 0.2) is 11.5 Å². The molecule has 3 heterocycles. The van der Waals surface area contributed by atoms with Crippen molar-refractivity contribution in [3.8, 4) is 11.5 Å². The highest BCUT2D eigenvalue weighted by atomic mass is 16.7. The van der Waals surface area contributed by atoms with Crippen LogP contribution in [0.5, 0.6) is 11.5 Å². The number of carboxylic acids is 1. The molecular formula is C30H45N5O7. The van der Waals surface area contributed by atoms with E-state index in [9.17, 15) is 24.3 Å². The molecule has 42 heavy (non-hydrogen) atoms. The molecule has 4 rings (SSSR count). The Labute approximate surface area is 248 Å². The van der Waals surface area contributed by atoms with Gasteiger partial charge >= 0.3 is 12.0 Å². The van der Waals surface area contributed by atoms with E-state index in [1.54, 1.807) is 11.0 Å². The summed E-state index contributed by atoms with van der Waals surface area (Å²) in [6, 6.07) is 4.66. The lowest BCUT2D eigenvalue weighted by Crippen LogP contribution is -2.52. The number of hydrogen-bond acceptors (Lipinski definition) is 8. The van der Waals surface area contributed by atoms with Crippen molar-refractivity contribution in [3.05, 3.63) is 23.8 Å². The van der Waals surface area contributed by atoms with Gasteiger partial charge in [0.25, 0.3) is 0 Å². The number of likely N-dealkylation sites (tertiary alicyclic amines) is 1. The number of hydrogen-bond donors (Lipinski definition) is 1. The summed E-state index contributed by atoms with van der Waals surface area (Å²) in [5.74, 6) is -1.15. The minimum atomic E-state index is -0.941. The molecule has 4 amide bonds. The van der Waals surface area contributed by atoms with Crippen LogP contribution in [0.1, 0.15) is 50.5 Å². The lowest BCUT2D eigenvalue weighted by atomic mass is 9.84. The number of carbonyl (C=O) groups is 4. The Morgan fingerprint density at radius 1 is 1.07 bits per heavy atom. The third-order valence-corrected chi connectivity index (χ3v) is 8.59. The second-order valence-corrected chi connectivity index (χ2v) is 11.7. The molecular weight excluding hydrogens is 542 g/mol. The molecule has 0 bridgehead atoms. The normalized spacial score (nSPS) is 22.4. The fourth-order valence-electron chi connectivity index (χ4n) is 6.20. The second-order valence-electron chi connectivity index (χ2n) is 11.7. The number of fused-ring (bicyclic) bond motifs is 1. The number of nitrogens with zero attached hydrogens (tertiary/aromatic N) is 5. The van der Waals surface area contributed by atoms with Crippen molar-refractivity contribution in [3.63, 3.8) is 0 Å². The summed E-state index contributed by atoms with van der Waals surface area (Å²) in [4.78, 5) is 60.0. The Bertz CT molecular complexity index is 1150. The Balaban J connectivity index is 1.57. The topological polar surface area (TPSA) is 123 Å². The van der Waals surface area contributed by atoms with Gasteiger partial charge in [-0.2, -0.15) is 0 Å². The highest BCUT2D eigenvalue weighted by Crippen LogP contribution is 2.42. The molecule has 0 saturated carbocycles. The van der Waals surface area contributed by atoms with Gasteiger partial charge in [-0.15, -0.1) is 0 Å². The van der Waals surface area contributed by atoms with Crippen molar-refractivity contribution in [2.24, 2.45) is 5.92 Å². The largest absolute Gasteiger partial charge is 0.481 e. The second kappa shape index (κ2) is 14.2. The van der Waals surface area contributed by atoms with Crippen molar-refractivity contribution in [1.29, 1.82) is 0 Å². The molecule has 1 unspecified atom stereocenters. The average molecular weight is 588 g/mol. The van der Waals surface area contributed by atoms with E-state index in [1.165, 1.54) is 7.05 Å². The van der Waals surface area contributed by atoms with Gasteiger partial charge in [-0.25, -0.2) is 4.79 Å². The van der Waals surface area contributed by atoms with Crippen LogP contribution in [0.15, 0.2) is 18.2 Å². The van der Waals surface area contributed by atoms with E-state index in [0.717, 1.165) is 36.3 Å². The van der Waals surface area contributed by atoms with Crippen molar-refractivity contribution in [2.45, 2.75) is 51.0 Å². The predicted octanol–water partition coefficient (Wildman–Crippen LogP) is 2.14. The smallest absolute Gasteiger partial charge is 0.326 e. The van der Waals surface area contributed by atoms with Crippen LogP contribution in [0.25, 0.3) is 0 Å². The van der Waals surface area contributed by atoms with Crippen molar-refractivity contribution in [2.75, 3.05) is 73.7 Å². The summed E-state index contributed by atoms with van der Waals surface area (Å²) in [6.07, 6.45) is 3.33. The summed E-state index contributed by atoms with van der Waals surface area (Å²) in [6.45, 7) is 5.49. The van der Waals surface area contributed by atoms with Crippen LogP contribution in [-0.2, 0) is 14.4 Å². The number of aliphatic carboxylic acids is 1. The van der Waals surface area contributed by atoms with Crippen LogP contribution in [-0.4, -0.2) is 133 Å². The van der Waals surface area contributed by atoms with Crippen LogP contribution in [0.4, 0.5) is 4.79 Å². The number of urea groups is 1. The minimum absolute atomic E-state index is 0.0120. The zero-order valence-electron chi connectivity index (χ0n) is 25.3. The van der Waals surface area contributed by atoms with E-state index in [1.807, 2.05) is 36.0 Å². The maximum absolute atomic E-state index is 13.7. The first-order valence-corrected chi connectivity index (χ1v) is 14.9. The SMILES string of the molecule is CCCCN(CCCN(C)C)C(=O)CN1C[C@H](c2ccc3c(c2)OCO3)C(C(=O)O)[C@@H]1CCN1CCC(=O)N(C)C1=O. The number of benzene rings is 1. The van der Waals surface area contributed by atoms with E-state index >= 15 is 0 Å². The van der Waals surface area contributed by atoms with E-state index in [4.69, 9.17) is 9.47 Å². The Kier molecular flexibility index (Phi) is 10.7. The molecule has 1 N–H and O–H groups in total. The lowest BCUT2D eigenvalue weighted by molar-refractivity contribution is -0.144. The number of ether oxygens (including phenoxy) is 2. The third kappa shape index (κ3) is 7.33. The maximum atomic E-state index is 13.7. The molecule has 1 aromatic carbocycles. The molecule has 12 nitrogen and oxygen atoms in total. The number of unbranched alkanes of at least 4 members (excludes halogenated alkanes) is 1.